The van der Waals surface area contributed by atoms with Crippen LogP contribution in [-0.2, 0) is 6.42 Å². The first-order valence-electron chi connectivity index (χ1n) is 5.86. The third-order valence-corrected chi connectivity index (χ3v) is 3.31. The Balaban J connectivity index is 2.35. The summed E-state index contributed by atoms with van der Waals surface area (Å²) in [6.45, 7) is 6.67. The molecule has 1 fully saturated rings. The lowest BCUT2D eigenvalue weighted by Gasteiger charge is -2.20. The van der Waals surface area contributed by atoms with Crippen LogP contribution in [0.4, 0.5) is 11.4 Å². The highest BCUT2D eigenvalue weighted by Gasteiger charge is 2.14. The second-order valence-corrected chi connectivity index (χ2v) is 4.38. The topological polar surface area (TPSA) is 29.3 Å². The van der Waals surface area contributed by atoms with Crippen molar-refractivity contribution in [1.29, 1.82) is 0 Å². The van der Waals surface area contributed by atoms with Crippen LogP contribution < -0.4 is 10.6 Å². The van der Waals surface area contributed by atoms with Crippen molar-refractivity contribution in [2.75, 3.05) is 23.7 Å². The third-order valence-electron chi connectivity index (χ3n) is 3.31. The second-order valence-electron chi connectivity index (χ2n) is 4.38. The van der Waals surface area contributed by atoms with Gasteiger partial charge in [0.25, 0.3) is 0 Å². The van der Waals surface area contributed by atoms with Crippen LogP contribution in [0.25, 0.3) is 0 Å². The Kier molecular flexibility index (Phi) is 2.85. The molecule has 1 heterocycles. The molecule has 0 aromatic heterocycles. The Hall–Kier alpha value is -1.18. The molecule has 0 amide bonds. The van der Waals surface area contributed by atoms with E-state index in [-0.39, 0.29) is 0 Å². The molecule has 1 aromatic carbocycles. The van der Waals surface area contributed by atoms with E-state index in [1.54, 1.807) is 0 Å². The second kappa shape index (κ2) is 4.13. The molecule has 0 radical (unpaired) electrons. The van der Waals surface area contributed by atoms with E-state index in [1.165, 1.54) is 42.7 Å². The standard InChI is InChI=1S/C13H20N2/c1-3-11-9-12(8-10(2)13(11)14)15-6-4-5-7-15/h8-9H,3-7,14H2,1-2H3. The van der Waals surface area contributed by atoms with Gasteiger partial charge in [-0.1, -0.05) is 6.92 Å². The SMILES string of the molecule is CCc1cc(N2CCCC2)cc(C)c1N. The summed E-state index contributed by atoms with van der Waals surface area (Å²) in [4.78, 5) is 2.46. The Morgan fingerprint density at radius 3 is 2.53 bits per heavy atom. The van der Waals surface area contributed by atoms with Crippen LogP contribution in [0.2, 0.25) is 0 Å². The number of rotatable bonds is 2. The van der Waals surface area contributed by atoms with Crippen molar-refractivity contribution in [3.05, 3.63) is 23.3 Å². The molecule has 1 saturated heterocycles. The first kappa shape index (κ1) is 10.3. The van der Waals surface area contributed by atoms with Gasteiger partial charge in [0.15, 0.2) is 0 Å². The number of nitrogens with zero attached hydrogens (tertiary/aromatic N) is 1. The number of hydrogen-bond donors (Lipinski definition) is 1. The third kappa shape index (κ3) is 1.94. The van der Waals surface area contributed by atoms with Crippen LogP contribution in [0.15, 0.2) is 12.1 Å². The summed E-state index contributed by atoms with van der Waals surface area (Å²) in [5.74, 6) is 0. The summed E-state index contributed by atoms with van der Waals surface area (Å²) >= 11 is 0. The number of benzene rings is 1. The van der Waals surface area contributed by atoms with E-state index in [4.69, 9.17) is 5.73 Å². The fourth-order valence-corrected chi connectivity index (χ4v) is 2.30. The Morgan fingerprint density at radius 2 is 1.93 bits per heavy atom. The summed E-state index contributed by atoms with van der Waals surface area (Å²) in [6.07, 6.45) is 3.67. The van der Waals surface area contributed by atoms with Crippen LogP contribution in [0.1, 0.15) is 30.9 Å². The van der Waals surface area contributed by atoms with E-state index in [0.717, 1.165) is 12.1 Å². The quantitative estimate of drug-likeness (QED) is 0.750. The Bertz CT molecular complexity index is 352. The Labute approximate surface area is 92.1 Å². The van der Waals surface area contributed by atoms with E-state index >= 15 is 0 Å². The van der Waals surface area contributed by atoms with Gasteiger partial charge < -0.3 is 10.6 Å². The molecule has 0 unspecified atom stereocenters. The van der Waals surface area contributed by atoms with Crippen molar-refractivity contribution in [2.24, 2.45) is 0 Å². The molecule has 2 heteroatoms. The number of nitrogen functional groups attached to an aromatic ring is 1. The average Bonchev–Trinajstić information content (AvgIpc) is 2.75. The van der Waals surface area contributed by atoms with E-state index < -0.39 is 0 Å². The van der Waals surface area contributed by atoms with Gasteiger partial charge in [0.2, 0.25) is 0 Å². The fourth-order valence-electron chi connectivity index (χ4n) is 2.30. The normalized spacial score (nSPS) is 16.0. The molecule has 0 spiro atoms. The van der Waals surface area contributed by atoms with Crippen molar-refractivity contribution in [3.63, 3.8) is 0 Å². The predicted molar refractivity (Wildman–Crippen MR) is 66.4 cm³/mol. The molecule has 15 heavy (non-hydrogen) atoms. The monoisotopic (exact) mass is 204 g/mol. The number of anilines is 2. The molecule has 1 aromatic rings. The summed E-state index contributed by atoms with van der Waals surface area (Å²) in [6, 6.07) is 4.48. The van der Waals surface area contributed by atoms with Gasteiger partial charge in [0.1, 0.15) is 0 Å². The Morgan fingerprint density at radius 1 is 1.27 bits per heavy atom. The molecule has 0 bridgehead atoms. The highest BCUT2D eigenvalue weighted by Crippen LogP contribution is 2.27. The van der Waals surface area contributed by atoms with Crippen LogP contribution >= 0.6 is 0 Å². The zero-order chi connectivity index (χ0) is 10.8. The summed E-state index contributed by atoms with van der Waals surface area (Å²) < 4.78 is 0. The highest BCUT2D eigenvalue weighted by atomic mass is 15.1. The highest BCUT2D eigenvalue weighted by molar-refractivity contribution is 5.63. The molecule has 2 rings (SSSR count). The molecular weight excluding hydrogens is 184 g/mol. The summed E-state index contributed by atoms with van der Waals surface area (Å²) in [5.41, 5.74) is 10.9. The summed E-state index contributed by atoms with van der Waals surface area (Å²) in [5, 5.41) is 0. The molecule has 1 aliphatic rings. The van der Waals surface area contributed by atoms with E-state index in [2.05, 4.69) is 30.9 Å². The minimum atomic E-state index is 0.973. The van der Waals surface area contributed by atoms with E-state index in [9.17, 15) is 0 Å². The van der Waals surface area contributed by atoms with E-state index in [0.29, 0.717) is 0 Å². The zero-order valence-electron chi connectivity index (χ0n) is 9.71. The van der Waals surface area contributed by atoms with Crippen LogP contribution in [-0.4, -0.2) is 13.1 Å². The molecule has 82 valence electrons. The largest absolute Gasteiger partial charge is 0.398 e. The number of nitrogens with two attached hydrogens (primary N) is 1. The molecule has 0 aliphatic carbocycles. The number of hydrogen-bond acceptors (Lipinski definition) is 2. The van der Waals surface area contributed by atoms with Crippen molar-refractivity contribution in [3.8, 4) is 0 Å². The maximum atomic E-state index is 6.04. The van der Waals surface area contributed by atoms with Gasteiger partial charge in [0.05, 0.1) is 0 Å². The lowest BCUT2D eigenvalue weighted by Crippen LogP contribution is -2.18. The first-order valence-corrected chi connectivity index (χ1v) is 5.86. The zero-order valence-corrected chi connectivity index (χ0v) is 9.71. The van der Waals surface area contributed by atoms with Crippen LogP contribution in [0, 0.1) is 6.92 Å². The molecule has 0 saturated carbocycles. The smallest absolute Gasteiger partial charge is 0.0377 e. The number of aryl methyl sites for hydroxylation is 2. The van der Waals surface area contributed by atoms with Crippen molar-refractivity contribution in [1.82, 2.24) is 0 Å². The maximum absolute atomic E-state index is 6.04. The average molecular weight is 204 g/mol. The molecule has 2 nitrogen and oxygen atoms in total. The maximum Gasteiger partial charge on any atom is 0.0377 e. The van der Waals surface area contributed by atoms with Crippen molar-refractivity contribution in [2.45, 2.75) is 33.1 Å². The van der Waals surface area contributed by atoms with E-state index in [1.807, 2.05) is 0 Å². The van der Waals surface area contributed by atoms with Crippen LogP contribution in [0.5, 0.6) is 0 Å². The van der Waals surface area contributed by atoms with Gasteiger partial charge in [-0.15, -0.1) is 0 Å². The predicted octanol–water partition coefficient (Wildman–Crippen LogP) is 2.74. The van der Waals surface area contributed by atoms with Gasteiger partial charge in [0, 0.05) is 24.5 Å². The molecule has 1 aliphatic heterocycles. The van der Waals surface area contributed by atoms with Gasteiger partial charge in [-0.25, -0.2) is 0 Å². The summed E-state index contributed by atoms with van der Waals surface area (Å²) in [7, 11) is 0. The van der Waals surface area contributed by atoms with Gasteiger partial charge in [-0.2, -0.15) is 0 Å². The van der Waals surface area contributed by atoms with Gasteiger partial charge >= 0.3 is 0 Å². The van der Waals surface area contributed by atoms with Gasteiger partial charge in [-0.3, -0.25) is 0 Å². The van der Waals surface area contributed by atoms with Crippen molar-refractivity contribution >= 4 is 11.4 Å². The molecule has 2 N–H and O–H groups in total. The molecular formula is C13H20N2. The fraction of sp³-hybridized carbons (Fsp3) is 0.538. The lowest BCUT2D eigenvalue weighted by molar-refractivity contribution is 0.949. The molecule has 0 atom stereocenters. The van der Waals surface area contributed by atoms with Gasteiger partial charge in [-0.05, 0) is 49.4 Å². The minimum absolute atomic E-state index is 0.973. The van der Waals surface area contributed by atoms with Crippen LogP contribution in [0.3, 0.4) is 0 Å². The first-order chi connectivity index (χ1) is 7.22. The lowest BCUT2D eigenvalue weighted by atomic mass is 10.0. The minimum Gasteiger partial charge on any atom is -0.398 e. The van der Waals surface area contributed by atoms with Crippen molar-refractivity contribution < 1.29 is 0 Å².